The van der Waals surface area contributed by atoms with Gasteiger partial charge in [-0.25, -0.2) is 14.7 Å². The number of imide groups is 1. The molecule has 1 aliphatic rings. The summed E-state index contributed by atoms with van der Waals surface area (Å²) < 4.78 is 0. The first kappa shape index (κ1) is 21.4. The van der Waals surface area contributed by atoms with Crippen molar-refractivity contribution < 1.29 is 24.3 Å². The fourth-order valence-electron chi connectivity index (χ4n) is 3.11. The van der Waals surface area contributed by atoms with E-state index in [-0.39, 0.29) is 28.1 Å². The van der Waals surface area contributed by atoms with E-state index in [1.54, 1.807) is 12.1 Å². The smallest absolute Gasteiger partial charge is 0.335 e. The molecule has 0 unspecified atom stereocenters. The summed E-state index contributed by atoms with van der Waals surface area (Å²) in [5.41, 5.74) is 6.50. The molecule has 0 fully saturated rings. The molecule has 0 atom stereocenters. The number of primary amides is 1. The molecule has 2 aromatic carbocycles. The van der Waals surface area contributed by atoms with E-state index >= 15 is 0 Å². The van der Waals surface area contributed by atoms with Crippen LogP contribution in [0.5, 0.6) is 0 Å². The normalized spacial score (nSPS) is 15.5. The van der Waals surface area contributed by atoms with E-state index in [1.165, 1.54) is 31.2 Å². The monoisotopic (exact) mass is 420 g/mol. The molecule has 0 spiro atoms. The van der Waals surface area contributed by atoms with Crippen LogP contribution in [0.25, 0.3) is 0 Å². The number of nitrogens with two attached hydrogens (primary N) is 1. The van der Waals surface area contributed by atoms with Crippen LogP contribution in [0, 0.1) is 0 Å². The molecule has 0 aromatic heterocycles. The second-order valence-corrected chi connectivity index (χ2v) is 7.03. The van der Waals surface area contributed by atoms with Crippen LogP contribution in [-0.4, -0.2) is 48.6 Å². The molecule has 9 nitrogen and oxygen atoms in total. The third-order valence-electron chi connectivity index (χ3n) is 4.78. The van der Waals surface area contributed by atoms with Crippen LogP contribution in [0.3, 0.4) is 0 Å². The Labute approximate surface area is 178 Å². The molecule has 1 aliphatic heterocycles. The van der Waals surface area contributed by atoms with Crippen LogP contribution < -0.4 is 15.5 Å². The first-order valence-electron chi connectivity index (χ1n) is 9.21. The van der Waals surface area contributed by atoms with Crippen molar-refractivity contribution in [3.05, 3.63) is 65.2 Å². The molecule has 2 aromatic rings. The lowest BCUT2D eigenvalue weighted by Gasteiger charge is -2.27. The van der Waals surface area contributed by atoms with E-state index in [0.29, 0.717) is 5.69 Å². The number of amides is 3. The highest BCUT2D eigenvalue weighted by Crippen LogP contribution is 2.27. The lowest BCUT2D eigenvalue weighted by Crippen LogP contribution is -2.49. The Morgan fingerprint density at radius 1 is 0.968 bits per heavy atom. The highest BCUT2D eigenvalue weighted by atomic mass is 16.4. The Morgan fingerprint density at radius 3 is 2.03 bits per heavy atom. The summed E-state index contributed by atoms with van der Waals surface area (Å²) in [5.74, 6) is -3.77. The Bertz CT molecular complexity index is 1150. The highest BCUT2D eigenvalue weighted by Gasteiger charge is 2.39. The van der Waals surface area contributed by atoms with Crippen molar-refractivity contribution in [2.75, 3.05) is 23.9 Å². The predicted octanol–water partition coefficient (Wildman–Crippen LogP) is 1.90. The number of hydrogen-bond acceptors (Lipinski definition) is 6. The molecule has 3 rings (SSSR count). The number of carboxylic acid groups (broad SMARTS) is 1. The minimum Gasteiger partial charge on any atom is -0.478 e. The maximum atomic E-state index is 13.2. The van der Waals surface area contributed by atoms with Gasteiger partial charge < -0.3 is 15.7 Å². The molecule has 9 heteroatoms. The maximum absolute atomic E-state index is 13.2. The molecule has 0 bridgehead atoms. The van der Waals surface area contributed by atoms with E-state index < -0.39 is 23.7 Å². The van der Waals surface area contributed by atoms with Crippen LogP contribution in [-0.2, 0) is 14.4 Å². The van der Waals surface area contributed by atoms with E-state index in [2.05, 4.69) is 4.99 Å². The Morgan fingerprint density at radius 2 is 1.55 bits per heavy atom. The van der Waals surface area contributed by atoms with Gasteiger partial charge in [-0.2, -0.15) is 0 Å². The Kier molecular flexibility index (Phi) is 5.69. The first-order chi connectivity index (χ1) is 14.6. The zero-order valence-corrected chi connectivity index (χ0v) is 17.1. The van der Waals surface area contributed by atoms with Gasteiger partial charge in [-0.3, -0.25) is 14.4 Å². The summed E-state index contributed by atoms with van der Waals surface area (Å²) in [4.78, 5) is 56.2. The fraction of sp³-hybridized carbons (Fsp3) is 0.136. The van der Waals surface area contributed by atoms with Crippen molar-refractivity contribution in [1.29, 1.82) is 0 Å². The molecule has 31 heavy (non-hydrogen) atoms. The maximum Gasteiger partial charge on any atom is 0.335 e. The van der Waals surface area contributed by atoms with Gasteiger partial charge in [0.2, 0.25) is 0 Å². The number of nitrogens with zero attached hydrogens (tertiary/aromatic N) is 3. The van der Waals surface area contributed by atoms with Crippen LogP contribution in [0.15, 0.2) is 64.7 Å². The summed E-state index contributed by atoms with van der Waals surface area (Å²) in [6.07, 6.45) is 0. The lowest BCUT2D eigenvalue weighted by molar-refractivity contribution is -0.123. The summed E-state index contributed by atoms with van der Waals surface area (Å²) in [6, 6.07) is 12.2. The summed E-state index contributed by atoms with van der Waals surface area (Å²) in [7, 11) is 3.77. The quantitative estimate of drug-likeness (QED) is 0.561. The van der Waals surface area contributed by atoms with Gasteiger partial charge in [0.05, 0.1) is 16.9 Å². The van der Waals surface area contributed by atoms with Crippen LogP contribution >= 0.6 is 0 Å². The molecule has 3 N–H and O–H groups in total. The second-order valence-electron chi connectivity index (χ2n) is 7.03. The van der Waals surface area contributed by atoms with Crippen molar-refractivity contribution in [1.82, 2.24) is 0 Å². The topological polar surface area (TPSA) is 133 Å². The van der Waals surface area contributed by atoms with E-state index in [4.69, 9.17) is 10.8 Å². The molecule has 158 valence electrons. The lowest BCUT2D eigenvalue weighted by atomic mass is 9.96. The highest BCUT2D eigenvalue weighted by molar-refractivity contribution is 6.59. The summed E-state index contributed by atoms with van der Waals surface area (Å²) in [5, 5.41) is 9.06. The van der Waals surface area contributed by atoms with Gasteiger partial charge in [0.25, 0.3) is 17.7 Å². The van der Waals surface area contributed by atoms with Crippen LogP contribution in [0.2, 0.25) is 0 Å². The van der Waals surface area contributed by atoms with Crippen LogP contribution in [0.1, 0.15) is 17.3 Å². The molecule has 0 saturated carbocycles. The third-order valence-corrected chi connectivity index (χ3v) is 4.78. The van der Waals surface area contributed by atoms with Crippen molar-refractivity contribution >= 4 is 46.5 Å². The number of rotatable bonds is 5. The Hall–Kier alpha value is -4.27. The Balaban J connectivity index is 2.12. The molecular weight excluding hydrogens is 400 g/mol. The first-order valence-corrected chi connectivity index (χ1v) is 9.21. The van der Waals surface area contributed by atoms with Crippen molar-refractivity contribution in [3.8, 4) is 0 Å². The minimum absolute atomic E-state index is 0.0163. The number of hydrogen-bond donors (Lipinski definition) is 2. The van der Waals surface area contributed by atoms with Gasteiger partial charge in [-0.1, -0.05) is 0 Å². The number of carbonyl (C=O) groups excluding carboxylic acids is 3. The number of carboxylic acids is 1. The van der Waals surface area contributed by atoms with Crippen LogP contribution in [0.4, 0.5) is 17.1 Å². The van der Waals surface area contributed by atoms with E-state index in [9.17, 15) is 19.2 Å². The number of carbonyl (C=O) groups is 4. The van der Waals surface area contributed by atoms with Gasteiger partial charge in [0.15, 0.2) is 0 Å². The SMILES string of the molecule is CC1=C(C(N)=O)C(=O)N(c2ccc(C(=O)O)cc2)C(=O)C1=Nc1ccc(N(C)C)cc1. The van der Waals surface area contributed by atoms with Gasteiger partial charge in [-0.15, -0.1) is 0 Å². The largest absolute Gasteiger partial charge is 0.478 e. The van der Waals surface area contributed by atoms with Gasteiger partial charge in [-0.05, 0) is 61.0 Å². The second kappa shape index (κ2) is 8.23. The van der Waals surface area contributed by atoms with Crippen molar-refractivity contribution in [2.24, 2.45) is 10.7 Å². The number of benzene rings is 2. The van der Waals surface area contributed by atoms with E-state index in [1.807, 2.05) is 31.1 Å². The van der Waals surface area contributed by atoms with Crippen molar-refractivity contribution in [3.63, 3.8) is 0 Å². The van der Waals surface area contributed by atoms with Gasteiger partial charge in [0.1, 0.15) is 11.3 Å². The molecule has 1 heterocycles. The molecule has 0 radical (unpaired) electrons. The minimum atomic E-state index is -1.15. The third kappa shape index (κ3) is 4.06. The fourth-order valence-corrected chi connectivity index (χ4v) is 3.11. The average molecular weight is 420 g/mol. The van der Waals surface area contributed by atoms with E-state index in [0.717, 1.165) is 10.6 Å². The molecule has 0 aliphatic carbocycles. The summed E-state index contributed by atoms with van der Waals surface area (Å²) >= 11 is 0. The van der Waals surface area contributed by atoms with Crippen molar-refractivity contribution in [2.45, 2.75) is 6.92 Å². The number of anilines is 2. The summed E-state index contributed by atoms with van der Waals surface area (Å²) in [6.45, 7) is 1.44. The number of aromatic carboxylic acids is 1. The zero-order chi connectivity index (χ0) is 22.9. The van der Waals surface area contributed by atoms with Gasteiger partial charge in [0, 0.05) is 19.8 Å². The molecule has 3 amide bonds. The number of aliphatic imine (C=N–C) groups is 1. The van der Waals surface area contributed by atoms with Gasteiger partial charge >= 0.3 is 5.97 Å². The molecule has 0 saturated heterocycles. The standard InChI is InChI=1S/C22H20N4O5/c1-12-17(19(23)27)20(28)26(16-8-4-13(5-9-16)22(30)31)21(29)18(12)24-14-6-10-15(11-7-14)25(2)3/h4-11H,1-3H3,(H2,23,27)(H,30,31). The molecular formula is C22H20N4O5. The average Bonchev–Trinajstić information content (AvgIpc) is 2.71. The predicted molar refractivity (Wildman–Crippen MR) is 116 cm³/mol. The zero-order valence-electron chi connectivity index (χ0n) is 17.1.